The van der Waals surface area contributed by atoms with E-state index < -0.39 is 0 Å². The van der Waals surface area contributed by atoms with Crippen LogP contribution in [-0.2, 0) is 6.42 Å². The number of aryl methyl sites for hydroxylation is 1. The predicted molar refractivity (Wildman–Crippen MR) is 84.9 cm³/mol. The van der Waals surface area contributed by atoms with Crippen molar-refractivity contribution in [2.24, 2.45) is 0 Å². The van der Waals surface area contributed by atoms with Gasteiger partial charge in [-0.25, -0.2) is 9.37 Å². The monoisotopic (exact) mass is 291 g/mol. The first-order valence-electron chi connectivity index (χ1n) is 8.34. The molecule has 0 fully saturated rings. The minimum atomic E-state index is -0.270. The van der Waals surface area contributed by atoms with Gasteiger partial charge < -0.3 is 4.42 Å². The van der Waals surface area contributed by atoms with E-state index >= 15 is 0 Å². The molecule has 2 nitrogen and oxygen atoms in total. The van der Waals surface area contributed by atoms with E-state index in [4.69, 9.17) is 4.42 Å². The third-order valence-electron chi connectivity index (χ3n) is 3.89. The lowest BCUT2D eigenvalue weighted by molar-refractivity contribution is 0.500. The average molecular weight is 291 g/mol. The second-order valence-corrected chi connectivity index (χ2v) is 5.80. The van der Waals surface area contributed by atoms with Crippen LogP contribution in [0.15, 0.2) is 22.6 Å². The Hall–Kier alpha value is -1.38. The Morgan fingerprint density at radius 2 is 1.62 bits per heavy atom. The van der Waals surface area contributed by atoms with Crippen LogP contribution in [0, 0.1) is 5.82 Å². The Kier molecular flexibility index (Phi) is 6.71. The Balaban J connectivity index is 1.59. The van der Waals surface area contributed by atoms with Gasteiger partial charge in [-0.05, 0) is 18.6 Å². The number of benzene rings is 1. The standard InChI is InChI=1S/C18H26FNO/c1-2-3-4-5-6-7-8-9-10-11-18-20-16-13-12-15(19)14-17(16)21-18/h12-14H,2-11H2,1H3. The minimum Gasteiger partial charge on any atom is -0.441 e. The van der Waals surface area contributed by atoms with Crippen molar-refractivity contribution in [2.45, 2.75) is 71.1 Å². The summed E-state index contributed by atoms with van der Waals surface area (Å²) < 4.78 is 18.6. The molecule has 2 aromatic rings. The van der Waals surface area contributed by atoms with Crippen molar-refractivity contribution in [3.63, 3.8) is 0 Å². The van der Waals surface area contributed by atoms with Crippen molar-refractivity contribution in [3.8, 4) is 0 Å². The summed E-state index contributed by atoms with van der Waals surface area (Å²) in [6.07, 6.45) is 12.6. The van der Waals surface area contributed by atoms with Crippen LogP contribution in [0.5, 0.6) is 0 Å². The summed E-state index contributed by atoms with van der Waals surface area (Å²) in [5.74, 6) is 0.465. The molecule has 0 unspecified atom stereocenters. The average Bonchev–Trinajstić information content (AvgIpc) is 2.87. The molecule has 1 aromatic heterocycles. The number of aromatic nitrogens is 1. The van der Waals surface area contributed by atoms with Gasteiger partial charge in [0.15, 0.2) is 11.5 Å². The molecule has 21 heavy (non-hydrogen) atoms. The smallest absolute Gasteiger partial charge is 0.195 e. The summed E-state index contributed by atoms with van der Waals surface area (Å²) in [5, 5.41) is 0. The van der Waals surface area contributed by atoms with Crippen molar-refractivity contribution >= 4 is 11.1 Å². The topological polar surface area (TPSA) is 26.0 Å². The summed E-state index contributed by atoms with van der Waals surface area (Å²) in [6, 6.07) is 4.50. The largest absolute Gasteiger partial charge is 0.441 e. The molecular weight excluding hydrogens is 265 g/mol. The Bertz CT molecular complexity index is 535. The molecule has 1 heterocycles. The highest BCUT2D eigenvalue weighted by atomic mass is 19.1. The number of hydrogen-bond donors (Lipinski definition) is 0. The normalized spacial score (nSPS) is 11.3. The third-order valence-corrected chi connectivity index (χ3v) is 3.89. The molecule has 0 saturated heterocycles. The van der Waals surface area contributed by atoms with Gasteiger partial charge in [0, 0.05) is 12.5 Å². The highest BCUT2D eigenvalue weighted by molar-refractivity contribution is 5.72. The molecular formula is C18H26FNO. The van der Waals surface area contributed by atoms with Crippen LogP contribution in [-0.4, -0.2) is 4.98 Å². The molecule has 2 rings (SSSR count). The number of hydrogen-bond acceptors (Lipinski definition) is 2. The van der Waals surface area contributed by atoms with Crippen molar-refractivity contribution in [2.75, 3.05) is 0 Å². The van der Waals surface area contributed by atoms with E-state index in [1.807, 2.05) is 0 Å². The van der Waals surface area contributed by atoms with Gasteiger partial charge in [0.2, 0.25) is 0 Å². The third kappa shape index (κ3) is 5.49. The summed E-state index contributed by atoms with van der Waals surface area (Å²) >= 11 is 0. The molecule has 0 aliphatic rings. The molecule has 0 amide bonds. The Morgan fingerprint density at radius 1 is 0.952 bits per heavy atom. The van der Waals surface area contributed by atoms with Crippen LogP contribution >= 0.6 is 0 Å². The SMILES string of the molecule is CCCCCCCCCCCc1nc2ccc(F)cc2o1. The molecule has 3 heteroatoms. The summed E-state index contributed by atoms with van der Waals surface area (Å²) in [6.45, 7) is 2.25. The highest BCUT2D eigenvalue weighted by Gasteiger charge is 2.06. The lowest BCUT2D eigenvalue weighted by Crippen LogP contribution is -1.86. The molecule has 0 bridgehead atoms. The zero-order valence-electron chi connectivity index (χ0n) is 13.0. The van der Waals surface area contributed by atoms with Gasteiger partial charge in [-0.15, -0.1) is 0 Å². The van der Waals surface area contributed by atoms with E-state index in [1.165, 1.54) is 63.5 Å². The second kappa shape index (κ2) is 8.81. The number of unbranched alkanes of at least 4 members (excludes halogenated alkanes) is 8. The maximum absolute atomic E-state index is 13.1. The van der Waals surface area contributed by atoms with Crippen LogP contribution in [0.25, 0.3) is 11.1 Å². The minimum absolute atomic E-state index is 0.270. The first kappa shape index (κ1) is 16.0. The quantitative estimate of drug-likeness (QED) is 0.499. The van der Waals surface area contributed by atoms with E-state index in [1.54, 1.807) is 6.07 Å². The van der Waals surface area contributed by atoms with Gasteiger partial charge in [-0.3, -0.25) is 0 Å². The van der Waals surface area contributed by atoms with E-state index in [2.05, 4.69) is 11.9 Å². The van der Waals surface area contributed by atoms with Crippen LogP contribution < -0.4 is 0 Å². The molecule has 0 aliphatic heterocycles. The number of nitrogens with zero attached hydrogens (tertiary/aromatic N) is 1. The van der Waals surface area contributed by atoms with Crippen molar-refractivity contribution in [1.82, 2.24) is 4.98 Å². The first-order chi connectivity index (χ1) is 10.3. The van der Waals surface area contributed by atoms with Crippen molar-refractivity contribution in [3.05, 3.63) is 29.9 Å². The number of halogens is 1. The van der Waals surface area contributed by atoms with Crippen LogP contribution in [0.2, 0.25) is 0 Å². The summed E-state index contributed by atoms with van der Waals surface area (Å²) in [4.78, 5) is 4.39. The zero-order valence-corrected chi connectivity index (χ0v) is 13.0. The molecule has 0 spiro atoms. The Labute approximate surface area is 126 Å². The van der Waals surface area contributed by atoms with Crippen LogP contribution in [0.3, 0.4) is 0 Å². The molecule has 0 radical (unpaired) electrons. The number of fused-ring (bicyclic) bond motifs is 1. The van der Waals surface area contributed by atoms with E-state index in [0.29, 0.717) is 5.58 Å². The fraction of sp³-hybridized carbons (Fsp3) is 0.611. The zero-order chi connectivity index (χ0) is 14.9. The van der Waals surface area contributed by atoms with Crippen molar-refractivity contribution < 1.29 is 8.81 Å². The van der Waals surface area contributed by atoms with E-state index in [9.17, 15) is 4.39 Å². The van der Waals surface area contributed by atoms with Gasteiger partial charge in [0.25, 0.3) is 0 Å². The van der Waals surface area contributed by atoms with Gasteiger partial charge >= 0.3 is 0 Å². The first-order valence-corrected chi connectivity index (χ1v) is 8.34. The summed E-state index contributed by atoms with van der Waals surface area (Å²) in [7, 11) is 0. The molecule has 116 valence electrons. The fourth-order valence-corrected chi connectivity index (χ4v) is 2.64. The molecule has 0 N–H and O–H groups in total. The van der Waals surface area contributed by atoms with Crippen LogP contribution in [0.1, 0.15) is 70.6 Å². The predicted octanol–water partition coefficient (Wildman–Crippen LogP) is 6.04. The van der Waals surface area contributed by atoms with Gasteiger partial charge in [-0.1, -0.05) is 58.3 Å². The molecule has 0 saturated carbocycles. The maximum Gasteiger partial charge on any atom is 0.195 e. The fourth-order valence-electron chi connectivity index (χ4n) is 2.64. The number of rotatable bonds is 10. The Morgan fingerprint density at radius 3 is 2.33 bits per heavy atom. The number of oxazole rings is 1. The van der Waals surface area contributed by atoms with Crippen LogP contribution in [0.4, 0.5) is 4.39 Å². The summed E-state index contributed by atoms with van der Waals surface area (Å²) in [5.41, 5.74) is 1.31. The lowest BCUT2D eigenvalue weighted by atomic mass is 10.1. The lowest BCUT2D eigenvalue weighted by Gasteiger charge is -2.00. The van der Waals surface area contributed by atoms with E-state index in [0.717, 1.165) is 24.2 Å². The van der Waals surface area contributed by atoms with Crippen molar-refractivity contribution in [1.29, 1.82) is 0 Å². The van der Waals surface area contributed by atoms with Gasteiger partial charge in [-0.2, -0.15) is 0 Å². The molecule has 0 aliphatic carbocycles. The molecule has 0 atom stereocenters. The van der Waals surface area contributed by atoms with E-state index in [-0.39, 0.29) is 5.82 Å². The molecule has 1 aromatic carbocycles. The van der Waals surface area contributed by atoms with Gasteiger partial charge in [0.1, 0.15) is 11.3 Å². The van der Waals surface area contributed by atoms with Gasteiger partial charge in [0.05, 0.1) is 0 Å². The maximum atomic E-state index is 13.1. The highest BCUT2D eigenvalue weighted by Crippen LogP contribution is 2.18. The second-order valence-electron chi connectivity index (χ2n) is 5.80.